The van der Waals surface area contributed by atoms with Crippen LogP contribution in [0.25, 0.3) is 0 Å². The van der Waals surface area contributed by atoms with E-state index >= 15 is 0 Å². The number of aliphatic hydroxyl groups is 6. The Hall–Kier alpha value is -2.66. The van der Waals surface area contributed by atoms with E-state index in [0.717, 1.165) is 56.9 Å². The van der Waals surface area contributed by atoms with Gasteiger partial charge in [-0.1, -0.05) is 77.6 Å². The minimum atomic E-state index is -4.18. The second-order valence-electron chi connectivity index (χ2n) is 20.5. The molecule has 2 aliphatic heterocycles. The van der Waals surface area contributed by atoms with Crippen molar-refractivity contribution in [2.45, 2.75) is 197 Å². The van der Waals surface area contributed by atoms with Gasteiger partial charge in [0.2, 0.25) is 20.0 Å². The van der Waals surface area contributed by atoms with Crippen LogP contribution in [0.15, 0.2) is 24.3 Å². The molecule has 65 heavy (non-hydrogen) atoms. The van der Waals surface area contributed by atoms with E-state index in [1.165, 1.54) is 0 Å². The van der Waals surface area contributed by atoms with Crippen molar-refractivity contribution < 1.29 is 66.5 Å². The molecule has 5 fully saturated rings. The number of rotatable bonds is 16. The van der Waals surface area contributed by atoms with Crippen molar-refractivity contribution >= 4 is 32.1 Å². The van der Waals surface area contributed by atoms with Crippen LogP contribution in [0.5, 0.6) is 0 Å². The van der Waals surface area contributed by atoms with Gasteiger partial charge in [0.05, 0.1) is 29.8 Å². The van der Waals surface area contributed by atoms with Gasteiger partial charge >= 0.3 is 12.1 Å². The van der Waals surface area contributed by atoms with Gasteiger partial charge in [-0.2, -0.15) is 0 Å². The number of urea groups is 2. The first-order valence-corrected chi connectivity index (χ1v) is 26.9. The van der Waals surface area contributed by atoms with Gasteiger partial charge in [-0.15, -0.1) is 0 Å². The Morgan fingerprint density at radius 3 is 1.80 bits per heavy atom. The van der Waals surface area contributed by atoms with Crippen molar-refractivity contribution in [3.05, 3.63) is 35.4 Å². The second-order valence-corrected chi connectivity index (χ2v) is 24.2. The van der Waals surface area contributed by atoms with Crippen LogP contribution >= 0.6 is 0 Å². The number of aliphatic hydroxyl groups excluding tert-OH is 6. The van der Waals surface area contributed by atoms with Gasteiger partial charge < -0.3 is 50.7 Å². The van der Waals surface area contributed by atoms with Gasteiger partial charge in [0, 0.05) is 12.1 Å². The summed E-state index contributed by atoms with van der Waals surface area (Å²) in [4.78, 5) is 25.4. The fourth-order valence-electron chi connectivity index (χ4n) is 11.1. The first-order valence-electron chi connectivity index (χ1n) is 23.6. The molecular formula is C45H74N4O14S2. The lowest BCUT2D eigenvalue weighted by Crippen LogP contribution is -2.59. The fraction of sp³-hybridized carbons (Fsp3) is 0.822. The molecule has 10 N–H and O–H groups in total. The zero-order valence-corrected chi connectivity index (χ0v) is 39.8. The molecule has 0 bridgehead atoms. The van der Waals surface area contributed by atoms with Crippen LogP contribution < -0.4 is 20.1 Å². The Morgan fingerprint density at radius 2 is 1.22 bits per heavy atom. The van der Waals surface area contributed by atoms with Crippen LogP contribution in [0.3, 0.4) is 0 Å². The molecule has 20 heteroatoms. The van der Waals surface area contributed by atoms with Crippen LogP contribution in [-0.2, 0) is 29.5 Å². The Bertz CT molecular complexity index is 1970. The normalized spacial score (nSPS) is 35.2. The number of sulfonamides is 2. The van der Waals surface area contributed by atoms with Gasteiger partial charge in [-0.3, -0.25) is 0 Å². The van der Waals surface area contributed by atoms with Gasteiger partial charge in [0.15, 0.2) is 0 Å². The van der Waals surface area contributed by atoms with Crippen molar-refractivity contribution in [1.29, 1.82) is 0 Å². The minimum absolute atomic E-state index is 0.0814. The van der Waals surface area contributed by atoms with Crippen LogP contribution in [0.2, 0.25) is 0 Å². The number of carbonyl (C=O) groups is 2. The summed E-state index contributed by atoms with van der Waals surface area (Å²) in [5.41, 5.74) is 1.47. The van der Waals surface area contributed by atoms with E-state index in [2.05, 4.69) is 29.2 Å². The Kier molecular flexibility index (Phi) is 17.3. The molecule has 4 amide bonds. The number of ether oxygens (including phenoxy) is 2. The molecule has 2 heterocycles. The molecule has 0 aromatic heterocycles. The standard InChI is InChI=1S/C45H74N4O14S2/c1-25(2)27-12-14-28(15-13-27)41-39(54)37(52)35(50)33(62-41)18-20-65(60,61)49-44(57)47-32-17-16-30(23-32)45(3,4)24-26-10-11-29(22-26)42-40(55)38(53)36(51)34(63-42)19-21-64(58,59)48-43(56)46-31-8-6-5-7-9-31/h12-15,25-26,29-42,50-55H,5-11,16-24H2,1-4H3,(H2,46,48,56)(H2,47,49,57)/t26?,29?,30?,32?,33-,34-,35-,36-,37+,38+,39+,40+,41?,42?/m1/s1. The molecule has 14 atom stereocenters. The monoisotopic (exact) mass is 958 g/mol. The van der Waals surface area contributed by atoms with Gasteiger partial charge in [0.1, 0.15) is 42.7 Å². The number of nitrogens with one attached hydrogen (secondary N) is 4. The molecule has 370 valence electrons. The summed E-state index contributed by atoms with van der Waals surface area (Å²) in [7, 11) is -8.26. The summed E-state index contributed by atoms with van der Waals surface area (Å²) in [6.45, 7) is 8.43. The Balaban J connectivity index is 0.936. The van der Waals surface area contributed by atoms with Crippen molar-refractivity contribution in [3.8, 4) is 0 Å². The largest absolute Gasteiger partial charge is 0.388 e. The third-order valence-electron chi connectivity index (χ3n) is 14.9. The van der Waals surface area contributed by atoms with Crippen LogP contribution in [-0.4, -0.2) is 138 Å². The van der Waals surface area contributed by atoms with E-state index in [4.69, 9.17) is 9.47 Å². The smallest absolute Gasteiger partial charge is 0.328 e. The highest BCUT2D eigenvalue weighted by molar-refractivity contribution is 7.90. The molecule has 1 aromatic rings. The highest BCUT2D eigenvalue weighted by Crippen LogP contribution is 2.49. The molecule has 6 rings (SSSR count). The third kappa shape index (κ3) is 13.5. The van der Waals surface area contributed by atoms with Crippen LogP contribution in [0.1, 0.15) is 141 Å². The Morgan fingerprint density at radius 1 is 0.662 bits per heavy atom. The maximum Gasteiger partial charge on any atom is 0.328 e. The summed E-state index contributed by atoms with van der Waals surface area (Å²) < 4.78 is 67.9. The molecule has 6 unspecified atom stereocenters. The first-order chi connectivity index (χ1) is 30.5. The third-order valence-corrected chi connectivity index (χ3v) is 17.4. The maximum atomic E-state index is 13.0. The molecule has 0 spiro atoms. The van der Waals surface area contributed by atoms with Crippen molar-refractivity contribution in [1.82, 2.24) is 20.1 Å². The lowest BCUT2D eigenvalue weighted by molar-refractivity contribution is -0.234. The number of hydrogen-bond donors (Lipinski definition) is 10. The zero-order valence-electron chi connectivity index (χ0n) is 38.1. The molecule has 1 aromatic carbocycles. The first kappa shape index (κ1) is 51.7. The minimum Gasteiger partial charge on any atom is -0.388 e. The quantitative estimate of drug-likeness (QED) is 0.114. The van der Waals surface area contributed by atoms with Crippen molar-refractivity contribution in [3.63, 3.8) is 0 Å². The number of hydrogen-bond acceptors (Lipinski definition) is 14. The van der Waals surface area contributed by atoms with Crippen LogP contribution in [0.4, 0.5) is 9.59 Å². The van der Waals surface area contributed by atoms with Crippen molar-refractivity contribution in [2.24, 2.45) is 23.2 Å². The predicted molar refractivity (Wildman–Crippen MR) is 240 cm³/mol. The van der Waals surface area contributed by atoms with E-state index in [0.29, 0.717) is 31.2 Å². The summed E-state index contributed by atoms with van der Waals surface area (Å²) in [6, 6.07) is 5.30. The average molecular weight is 959 g/mol. The molecule has 2 saturated heterocycles. The molecule has 3 aliphatic carbocycles. The van der Waals surface area contributed by atoms with Gasteiger partial charge in [-0.25, -0.2) is 35.9 Å². The summed E-state index contributed by atoms with van der Waals surface area (Å²) in [5.74, 6) is -0.514. The summed E-state index contributed by atoms with van der Waals surface area (Å²) in [6.07, 6.45) is -3.70. The molecule has 5 aliphatic rings. The van der Waals surface area contributed by atoms with Crippen LogP contribution in [0, 0.1) is 23.2 Å². The van der Waals surface area contributed by atoms with Gasteiger partial charge in [0.25, 0.3) is 0 Å². The second kappa shape index (κ2) is 21.7. The predicted octanol–water partition coefficient (Wildman–Crippen LogP) is 2.55. The van der Waals surface area contributed by atoms with E-state index in [-0.39, 0.29) is 54.0 Å². The topological polar surface area (TPSA) is 290 Å². The molecule has 0 radical (unpaired) electrons. The van der Waals surface area contributed by atoms with E-state index in [1.54, 1.807) is 12.1 Å². The van der Waals surface area contributed by atoms with E-state index < -0.39 is 105 Å². The molecular weight excluding hydrogens is 885 g/mol. The highest BCUT2D eigenvalue weighted by atomic mass is 32.2. The Labute approximate surface area is 384 Å². The maximum absolute atomic E-state index is 13.0. The SMILES string of the molecule is CC(C)c1ccc(C2O[C@H](CCS(=O)(=O)NC(=O)NC3CCC(C(C)(C)CC4CCC(C5O[C@H](CCS(=O)(=O)NC(=O)NC6CCCCC6)[C@@H](O)[C@H](O)[C@@H]5O)C4)C3)[C@@H](O)[C@H](O)[C@@H]2O)cc1. The number of amides is 4. The summed E-state index contributed by atoms with van der Waals surface area (Å²) >= 11 is 0. The highest BCUT2D eigenvalue weighted by Gasteiger charge is 2.49. The number of benzene rings is 1. The molecule has 3 saturated carbocycles. The average Bonchev–Trinajstić information content (AvgIpc) is 3.91. The zero-order chi connectivity index (χ0) is 47.4. The fourth-order valence-corrected chi connectivity index (χ4v) is 13.0. The number of carbonyl (C=O) groups excluding carboxylic acids is 2. The summed E-state index contributed by atoms with van der Waals surface area (Å²) in [5, 5.41) is 70.0. The molecule has 18 nitrogen and oxygen atoms in total. The van der Waals surface area contributed by atoms with E-state index in [9.17, 15) is 57.1 Å². The van der Waals surface area contributed by atoms with Gasteiger partial charge in [-0.05, 0) is 104 Å². The van der Waals surface area contributed by atoms with Crippen molar-refractivity contribution in [2.75, 3.05) is 11.5 Å². The van der Waals surface area contributed by atoms with E-state index in [1.807, 2.05) is 30.7 Å². The lowest BCUT2D eigenvalue weighted by atomic mass is 9.71. The lowest BCUT2D eigenvalue weighted by Gasteiger charge is -2.43.